The fraction of sp³-hybridized carbons (Fsp3) is 0.105. The van der Waals surface area contributed by atoms with Crippen LogP contribution in [0.5, 0.6) is 11.5 Å². The number of amides is 1. The van der Waals surface area contributed by atoms with Crippen molar-refractivity contribution in [3.05, 3.63) is 66.4 Å². The Hall–Kier alpha value is -3.41. The Morgan fingerprint density at radius 2 is 1.88 bits per heavy atom. The molecular formula is C19H17N3O3. The number of hydrogen-bond donors (Lipinski definition) is 1. The van der Waals surface area contributed by atoms with Gasteiger partial charge in [0.25, 0.3) is 5.91 Å². The predicted molar refractivity (Wildman–Crippen MR) is 96.0 cm³/mol. The number of aromatic nitrogens is 1. The molecule has 0 bridgehead atoms. The molecule has 0 saturated heterocycles. The molecule has 2 aromatic carbocycles. The molecule has 0 aliphatic rings. The topological polar surface area (TPSA) is 72.8 Å². The van der Waals surface area contributed by atoms with E-state index < -0.39 is 0 Å². The number of carbonyl (C=O) groups is 1. The van der Waals surface area contributed by atoms with Gasteiger partial charge in [-0.15, -0.1) is 0 Å². The molecule has 3 aromatic rings. The number of para-hydroxylation sites is 1. The first-order valence-corrected chi connectivity index (χ1v) is 7.69. The van der Waals surface area contributed by atoms with Crippen LogP contribution in [-0.4, -0.2) is 30.8 Å². The van der Waals surface area contributed by atoms with Crippen molar-refractivity contribution in [2.75, 3.05) is 13.7 Å². The van der Waals surface area contributed by atoms with Gasteiger partial charge in [0.2, 0.25) is 0 Å². The molecule has 0 unspecified atom stereocenters. The van der Waals surface area contributed by atoms with Crippen LogP contribution in [0.3, 0.4) is 0 Å². The maximum Gasteiger partial charge on any atom is 0.277 e. The Labute approximate surface area is 145 Å². The second-order valence-corrected chi connectivity index (χ2v) is 5.18. The number of fused-ring (bicyclic) bond motifs is 1. The number of benzene rings is 2. The van der Waals surface area contributed by atoms with Gasteiger partial charge in [-0.1, -0.05) is 24.3 Å². The van der Waals surface area contributed by atoms with Crippen LogP contribution in [0.15, 0.2) is 65.9 Å². The minimum Gasteiger partial charge on any atom is -0.497 e. The summed E-state index contributed by atoms with van der Waals surface area (Å²) < 4.78 is 10.4. The summed E-state index contributed by atoms with van der Waals surface area (Å²) in [5.74, 6) is 0.962. The summed E-state index contributed by atoms with van der Waals surface area (Å²) >= 11 is 0. The Morgan fingerprint density at radius 3 is 2.68 bits per heavy atom. The van der Waals surface area contributed by atoms with Crippen LogP contribution < -0.4 is 14.9 Å². The highest BCUT2D eigenvalue weighted by molar-refractivity contribution is 5.97. The molecule has 0 fully saturated rings. The second kappa shape index (κ2) is 7.92. The molecule has 0 atom stereocenters. The van der Waals surface area contributed by atoms with Gasteiger partial charge >= 0.3 is 0 Å². The van der Waals surface area contributed by atoms with Crippen LogP contribution in [0.2, 0.25) is 0 Å². The fourth-order valence-electron chi connectivity index (χ4n) is 2.26. The van der Waals surface area contributed by atoms with E-state index in [0.29, 0.717) is 5.75 Å². The van der Waals surface area contributed by atoms with Crippen LogP contribution in [-0.2, 0) is 4.79 Å². The maximum absolute atomic E-state index is 11.8. The fourth-order valence-corrected chi connectivity index (χ4v) is 2.26. The lowest BCUT2D eigenvalue weighted by Gasteiger charge is -2.06. The van der Waals surface area contributed by atoms with E-state index in [1.807, 2.05) is 30.3 Å². The number of hydrazone groups is 1. The summed E-state index contributed by atoms with van der Waals surface area (Å²) in [6.07, 6.45) is 3.29. The van der Waals surface area contributed by atoms with Gasteiger partial charge in [0.1, 0.15) is 11.5 Å². The van der Waals surface area contributed by atoms with Crippen LogP contribution in [0.1, 0.15) is 5.56 Å². The van der Waals surface area contributed by atoms with Crippen molar-refractivity contribution in [3.63, 3.8) is 0 Å². The van der Waals surface area contributed by atoms with Crippen molar-refractivity contribution in [2.24, 2.45) is 5.10 Å². The van der Waals surface area contributed by atoms with E-state index in [2.05, 4.69) is 15.5 Å². The van der Waals surface area contributed by atoms with Crippen molar-refractivity contribution in [1.82, 2.24) is 10.4 Å². The van der Waals surface area contributed by atoms with Gasteiger partial charge in [-0.25, -0.2) is 5.43 Å². The minimum atomic E-state index is -0.347. The molecular weight excluding hydrogens is 318 g/mol. The normalized spacial score (nSPS) is 10.8. The summed E-state index contributed by atoms with van der Waals surface area (Å²) in [4.78, 5) is 16.1. The number of hydrogen-bond acceptors (Lipinski definition) is 5. The molecule has 0 radical (unpaired) electrons. The predicted octanol–water partition coefficient (Wildman–Crippen LogP) is 2.77. The summed E-state index contributed by atoms with van der Waals surface area (Å²) in [5.41, 5.74) is 4.10. The first-order valence-electron chi connectivity index (χ1n) is 7.69. The number of carbonyl (C=O) groups excluding carboxylic acids is 1. The van der Waals surface area contributed by atoms with Crippen molar-refractivity contribution in [3.8, 4) is 11.5 Å². The van der Waals surface area contributed by atoms with E-state index in [1.165, 1.54) is 0 Å². The molecule has 1 amide bonds. The molecule has 126 valence electrons. The van der Waals surface area contributed by atoms with Gasteiger partial charge in [0.15, 0.2) is 6.61 Å². The summed E-state index contributed by atoms with van der Waals surface area (Å²) in [5, 5.41) is 4.98. The lowest BCUT2D eigenvalue weighted by atomic mass is 10.1. The van der Waals surface area contributed by atoms with E-state index in [-0.39, 0.29) is 12.5 Å². The second-order valence-electron chi connectivity index (χ2n) is 5.18. The highest BCUT2D eigenvalue weighted by Crippen LogP contribution is 2.17. The third-order valence-electron chi connectivity index (χ3n) is 3.49. The molecule has 6 nitrogen and oxygen atoms in total. The van der Waals surface area contributed by atoms with Crippen molar-refractivity contribution in [2.45, 2.75) is 0 Å². The van der Waals surface area contributed by atoms with Crippen molar-refractivity contribution in [1.29, 1.82) is 0 Å². The highest BCUT2D eigenvalue weighted by atomic mass is 16.5. The van der Waals surface area contributed by atoms with Gasteiger partial charge in [-0.05, 0) is 30.3 Å². The average Bonchev–Trinajstić information content (AvgIpc) is 2.67. The van der Waals surface area contributed by atoms with Crippen LogP contribution in [0, 0.1) is 0 Å². The average molecular weight is 335 g/mol. The number of rotatable bonds is 6. The zero-order chi connectivity index (χ0) is 17.5. The number of nitrogens with zero attached hydrogens (tertiary/aromatic N) is 2. The number of methoxy groups -OCH3 is 1. The van der Waals surface area contributed by atoms with E-state index in [0.717, 1.165) is 22.2 Å². The quantitative estimate of drug-likeness (QED) is 0.555. The summed E-state index contributed by atoms with van der Waals surface area (Å²) in [6, 6.07) is 16.6. The highest BCUT2D eigenvalue weighted by Gasteiger charge is 2.02. The van der Waals surface area contributed by atoms with Crippen LogP contribution in [0.4, 0.5) is 0 Å². The smallest absolute Gasteiger partial charge is 0.277 e. The number of ether oxygens (including phenoxy) is 2. The molecule has 3 rings (SSSR count). The largest absolute Gasteiger partial charge is 0.497 e. The third-order valence-corrected chi connectivity index (χ3v) is 3.49. The Balaban J connectivity index is 1.55. The van der Waals surface area contributed by atoms with E-state index >= 15 is 0 Å². The van der Waals surface area contributed by atoms with Gasteiger partial charge in [-0.2, -0.15) is 5.10 Å². The van der Waals surface area contributed by atoms with Crippen molar-refractivity contribution >= 4 is 23.0 Å². The molecule has 1 heterocycles. The lowest BCUT2D eigenvalue weighted by molar-refractivity contribution is -0.123. The zero-order valence-electron chi connectivity index (χ0n) is 13.7. The van der Waals surface area contributed by atoms with Crippen LogP contribution in [0.25, 0.3) is 10.9 Å². The van der Waals surface area contributed by atoms with E-state index in [4.69, 9.17) is 9.47 Å². The SMILES string of the molecule is COc1ccc(OCC(=O)NN=Cc2cccc3cccnc23)cc1. The van der Waals surface area contributed by atoms with Crippen molar-refractivity contribution < 1.29 is 14.3 Å². The summed E-state index contributed by atoms with van der Waals surface area (Å²) in [7, 11) is 1.59. The molecule has 0 saturated carbocycles. The monoisotopic (exact) mass is 335 g/mol. The Morgan fingerprint density at radius 1 is 1.12 bits per heavy atom. The van der Waals surface area contributed by atoms with E-state index in [9.17, 15) is 4.79 Å². The first kappa shape index (κ1) is 16.4. The van der Waals surface area contributed by atoms with Gasteiger partial charge in [0, 0.05) is 17.1 Å². The molecule has 0 aliphatic carbocycles. The Kier molecular flexibility index (Phi) is 5.21. The number of pyridine rings is 1. The number of nitrogens with one attached hydrogen (secondary N) is 1. The van der Waals surface area contributed by atoms with Gasteiger partial charge < -0.3 is 9.47 Å². The van der Waals surface area contributed by atoms with Gasteiger partial charge in [0.05, 0.1) is 18.8 Å². The third kappa shape index (κ3) is 4.32. The van der Waals surface area contributed by atoms with E-state index in [1.54, 1.807) is 43.8 Å². The molecule has 1 N–H and O–H groups in total. The van der Waals surface area contributed by atoms with Gasteiger partial charge in [-0.3, -0.25) is 9.78 Å². The standard InChI is InChI=1S/C19H17N3O3/c1-24-16-7-9-17(10-8-16)25-13-18(23)22-21-12-15-5-2-4-14-6-3-11-20-19(14)15/h2-12H,13H2,1H3,(H,22,23). The zero-order valence-corrected chi connectivity index (χ0v) is 13.7. The molecule has 6 heteroatoms. The summed E-state index contributed by atoms with van der Waals surface area (Å²) in [6.45, 7) is -0.128. The molecule has 0 aliphatic heterocycles. The molecule has 0 spiro atoms. The molecule has 25 heavy (non-hydrogen) atoms. The Bertz CT molecular complexity index is 887. The maximum atomic E-state index is 11.8. The molecule has 1 aromatic heterocycles. The minimum absolute atomic E-state index is 0.128. The lowest BCUT2D eigenvalue weighted by Crippen LogP contribution is -2.24. The first-order chi connectivity index (χ1) is 12.3. The van der Waals surface area contributed by atoms with Crippen LogP contribution >= 0.6 is 0 Å².